The zero-order chi connectivity index (χ0) is 104. The minimum atomic E-state index is -3.70. The van der Waals surface area contributed by atoms with Crippen LogP contribution in [0, 0.1) is 113 Å². The third kappa shape index (κ3) is 35.6. The number of nitrogens with one attached hydrogen (secondary N) is 4. The van der Waals surface area contributed by atoms with Crippen LogP contribution in [0.25, 0.3) is 0 Å². The summed E-state index contributed by atoms with van der Waals surface area (Å²) in [4.78, 5) is 61.7. The second kappa shape index (κ2) is 50.5. The molecule has 1 fully saturated rings. The maximum Gasteiger partial charge on any atom is 0.348 e. The van der Waals surface area contributed by atoms with Gasteiger partial charge in [-0.15, -0.1) is 56.7 Å². The minimum absolute atomic E-state index is 0.0109. The maximum atomic E-state index is 13.6. The third-order valence-electron chi connectivity index (χ3n) is 18.7. The Balaban J connectivity index is 0.000000265. The number of benzene rings is 4. The van der Waals surface area contributed by atoms with Crippen LogP contribution in [-0.4, -0.2) is 102 Å². The molecule has 138 heavy (non-hydrogen) atoms. The van der Waals surface area contributed by atoms with Gasteiger partial charge in [0.2, 0.25) is 0 Å². The quantitative estimate of drug-likeness (QED) is 0.0155. The number of aromatic carboxylic acids is 5. The average Bonchev–Trinajstić information content (AvgIpc) is 1.57. The summed E-state index contributed by atoms with van der Waals surface area (Å²) in [5.41, 5.74) is 2.56. The fourth-order valence-corrected chi connectivity index (χ4v) is 28.0. The van der Waals surface area contributed by atoms with Gasteiger partial charge in [-0.25, -0.2) is 24.0 Å². The lowest BCUT2D eigenvalue weighted by atomic mass is 9.91. The molecular formula is C99H120Cl4N5O20P5S5. The maximum absolute atomic E-state index is 13.6. The van der Waals surface area contributed by atoms with Crippen LogP contribution in [-0.2, 0) is 45.4 Å². The van der Waals surface area contributed by atoms with E-state index in [4.69, 9.17) is 69.0 Å². The fraction of sp³-hybridized carbons (Fsp3) is 0.404. The molecule has 0 aliphatic heterocycles. The molecule has 1 aliphatic carbocycles. The smallest absolute Gasteiger partial charge is 0.348 e. The number of carboxylic acid groups (broad SMARTS) is 5. The fourth-order valence-electron chi connectivity index (χ4n) is 12.4. The first-order valence-corrected chi connectivity index (χ1v) is 57.2. The van der Waals surface area contributed by atoms with E-state index in [0.29, 0.717) is 90.4 Å². The predicted octanol–water partition coefficient (Wildman–Crippen LogP) is 28.5. The molecule has 0 amide bonds. The van der Waals surface area contributed by atoms with Crippen LogP contribution >= 0.6 is 141 Å². The van der Waals surface area contributed by atoms with Gasteiger partial charge in [-0.2, -0.15) is 0 Å². The molecule has 0 bridgehead atoms. The summed E-state index contributed by atoms with van der Waals surface area (Å²) < 4.78 is 97.1. The van der Waals surface area contributed by atoms with E-state index in [0.717, 1.165) is 87.9 Å². The molecule has 4 aromatic carbocycles. The second-order valence-electron chi connectivity index (χ2n) is 36.6. The van der Waals surface area contributed by atoms with E-state index in [1.165, 1.54) is 23.9 Å². The van der Waals surface area contributed by atoms with E-state index in [-0.39, 0.29) is 104 Å². The molecule has 9 N–H and O–H groups in total. The average molecular weight is 2160 g/mol. The van der Waals surface area contributed by atoms with Crippen LogP contribution in [0.15, 0.2) is 109 Å². The number of halogens is 4. The largest absolute Gasteiger partial charge is 0.477 e. The van der Waals surface area contributed by atoms with Crippen LogP contribution in [0.3, 0.4) is 0 Å². The van der Waals surface area contributed by atoms with Gasteiger partial charge >= 0.3 is 59.9 Å². The summed E-state index contributed by atoms with van der Waals surface area (Å²) in [6.07, 6.45) is 3.69. The molecule has 1 aliphatic rings. The molecule has 5 heterocycles. The minimum Gasteiger partial charge on any atom is -0.477 e. The van der Waals surface area contributed by atoms with E-state index < -0.39 is 67.4 Å². The number of rotatable bonds is 29. The van der Waals surface area contributed by atoms with Crippen molar-refractivity contribution in [2.75, 3.05) is 65.6 Å². The first-order valence-electron chi connectivity index (χ1n) is 43.5. The zero-order valence-electron chi connectivity index (χ0n) is 81.8. The molecule has 5 aromatic heterocycles. The van der Waals surface area contributed by atoms with Gasteiger partial charge in [0.05, 0.1) is 111 Å². The van der Waals surface area contributed by atoms with Gasteiger partial charge in [0.15, 0.2) is 0 Å². The molecule has 39 heteroatoms. The number of carboxylic acids is 5. The highest BCUT2D eigenvalue weighted by atomic mass is 35.5. The van der Waals surface area contributed by atoms with Crippen LogP contribution in [0.1, 0.15) is 254 Å². The lowest BCUT2D eigenvalue weighted by Crippen LogP contribution is -2.24. The van der Waals surface area contributed by atoms with E-state index in [1.807, 2.05) is 130 Å². The van der Waals surface area contributed by atoms with Crippen LogP contribution in [0.4, 0.5) is 28.4 Å². The Labute approximate surface area is 851 Å². The van der Waals surface area contributed by atoms with Gasteiger partial charge in [-0.1, -0.05) is 130 Å². The third-order valence-corrected chi connectivity index (χ3v) is 37.0. The van der Waals surface area contributed by atoms with Crippen molar-refractivity contribution in [1.82, 2.24) is 0 Å². The summed E-state index contributed by atoms with van der Waals surface area (Å²) >= 11 is 29.4. The Morgan fingerprint density at radius 2 is 0.681 bits per heavy atom. The Morgan fingerprint density at radius 3 is 0.964 bits per heavy atom. The van der Waals surface area contributed by atoms with E-state index in [9.17, 15) is 72.3 Å². The van der Waals surface area contributed by atoms with Crippen LogP contribution < -0.4 is 46.2 Å². The molecule has 0 radical (unpaired) electrons. The molecule has 25 nitrogen and oxygen atoms in total. The molecule has 5 atom stereocenters. The normalized spacial score (nSPS) is 15.1. The Kier molecular flexibility index (Phi) is 43.3. The standard InChI is InChI=1S/2C20H23ClNO4PS.C20H24NO4PS.C20H30NO4PS.C19H20Cl2NO4PS/c2*1-6-26-27(25,17-8-7-14(21)11-13(17)2)22-16-12-15(9-10-20(3,4)5)28-18(16)19(23)24;1-14-7-9-15(10-8-14)26(24,25-6)21(5)17-13-16(11-12-20(2,3)4)27-18(17)19(22)23;1-6-25-26(24,15-9-7-14(2)8-10-15)21-17-13-16(11-12-20(3,4)5)27-18(17)19(22)23;1-5-26-27(25,16-7-6-12(20)10-14(16)21)22-15-11-13(8-9-19(2,3)4)28-17(15)18(23)24/h2*7-8,11-12H,6H2,1-5H3,(H,22,25)(H,23,24);7-10,13H,1-6H3,(H,22,23);13-15H,6-10H2,1-5H3,(H,21,24)(H,22,23);6-7,10-11H,5H2,1-4H3,(H,22,25)(H,23,24). The van der Waals surface area contributed by atoms with Crippen molar-refractivity contribution in [3.63, 3.8) is 0 Å². The monoisotopic (exact) mass is 2150 g/mol. The van der Waals surface area contributed by atoms with Crippen LogP contribution in [0.2, 0.25) is 20.1 Å². The van der Waals surface area contributed by atoms with Gasteiger partial charge < -0.3 is 68.5 Å². The Hall–Kier alpha value is -8.36. The highest BCUT2D eigenvalue weighted by Crippen LogP contribution is 2.59. The molecular weight excluding hydrogens is 2040 g/mol. The van der Waals surface area contributed by atoms with Crippen molar-refractivity contribution in [1.29, 1.82) is 0 Å². The number of thiophene rings is 5. The molecule has 5 unspecified atom stereocenters. The zero-order valence-corrected chi connectivity index (χ0v) is 93.4. The first kappa shape index (κ1) is 118. The number of carbonyl (C=O) groups is 5. The highest BCUT2D eigenvalue weighted by Gasteiger charge is 2.41. The van der Waals surface area contributed by atoms with Crippen molar-refractivity contribution in [2.45, 2.75) is 191 Å². The summed E-state index contributed by atoms with van der Waals surface area (Å²) in [5.74, 6) is 25.5. The van der Waals surface area contributed by atoms with Crippen molar-refractivity contribution in [3.8, 4) is 59.2 Å². The van der Waals surface area contributed by atoms with E-state index >= 15 is 0 Å². The Bertz CT molecular complexity index is 6130. The molecule has 744 valence electrons. The first-order chi connectivity index (χ1) is 63.9. The molecule has 0 spiro atoms. The van der Waals surface area contributed by atoms with Crippen molar-refractivity contribution < 1.29 is 94.9 Å². The second-order valence-corrected chi connectivity index (χ2v) is 54.7. The number of nitrogens with zero attached hydrogens (tertiary/aromatic N) is 1. The number of aryl methyl sites for hydroxylation is 3. The SMILES string of the molecule is CCOP(=O)(Nc1cc(C#CC(C)(C)C)sc1C(=O)O)C1CCC(C)CC1.CCOP(=O)(Nc1cc(C#CC(C)(C)C)sc1C(=O)O)c1ccc(Cl)cc1C.CCOP(=O)(Nc1cc(C#CC(C)(C)C)sc1C(=O)O)c1ccc(Cl)cc1C.CCOP(=O)(Nc1cc(C#CC(C)(C)C)sc1C(=O)O)c1ccc(Cl)cc1Cl.COP(=O)(c1ccc(C)cc1)N(C)c1cc(C#CC(C)(C)C)sc1C(=O)O. The molecule has 9 aromatic rings. The van der Waals surface area contributed by atoms with Crippen molar-refractivity contribution >= 4 is 220 Å². The van der Waals surface area contributed by atoms with Crippen LogP contribution in [0.5, 0.6) is 0 Å². The number of hydrogen-bond acceptors (Lipinski definition) is 20. The number of anilines is 5. The van der Waals surface area contributed by atoms with Gasteiger partial charge in [-0.05, 0) is 292 Å². The summed E-state index contributed by atoms with van der Waals surface area (Å²) in [6, 6.07) is 29.7. The molecule has 10 rings (SSSR count). The van der Waals surface area contributed by atoms with Gasteiger partial charge in [0, 0.05) is 56.3 Å². The summed E-state index contributed by atoms with van der Waals surface area (Å²) in [7, 11) is -14.6. The summed E-state index contributed by atoms with van der Waals surface area (Å²) in [5, 5.41) is 62.5. The lowest BCUT2D eigenvalue weighted by molar-refractivity contribution is 0.0692. The van der Waals surface area contributed by atoms with E-state index in [2.05, 4.69) is 86.5 Å². The lowest BCUT2D eigenvalue weighted by Gasteiger charge is -2.32. The van der Waals surface area contributed by atoms with Gasteiger partial charge in [-0.3, -0.25) is 27.5 Å². The molecule has 1 saturated carbocycles. The van der Waals surface area contributed by atoms with E-state index in [1.54, 1.807) is 127 Å². The topological polar surface area (TPSA) is 369 Å². The van der Waals surface area contributed by atoms with Crippen molar-refractivity contribution in [2.24, 2.45) is 33.0 Å². The number of hydrogen-bond donors (Lipinski definition) is 9. The molecule has 0 saturated heterocycles. The Morgan fingerprint density at radius 1 is 0.399 bits per heavy atom. The highest BCUT2D eigenvalue weighted by molar-refractivity contribution is 7.70. The predicted molar refractivity (Wildman–Crippen MR) is 572 cm³/mol. The van der Waals surface area contributed by atoms with Gasteiger partial charge in [0.1, 0.15) is 24.4 Å². The van der Waals surface area contributed by atoms with Crippen molar-refractivity contribution in [3.05, 3.63) is 195 Å². The summed E-state index contributed by atoms with van der Waals surface area (Å²) in [6.45, 7) is 45.1. The van der Waals surface area contributed by atoms with Gasteiger partial charge in [0.25, 0.3) is 7.52 Å².